The molecule has 3 atom stereocenters. The van der Waals surface area contributed by atoms with Gasteiger partial charge in [0, 0.05) is 11.5 Å². The van der Waals surface area contributed by atoms with Crippen LogP contribution in [0, 0.1) is 11.8 Å². The van der Waals surface area contributed by atoms with Crippen LogP contribution in [0.1, 0.15) is 24.8 Å². The second kappa shape index (κ2) is 6.44. The molecule has 134 valence electrons. The molecule has 2 aliphatic heterocycles. The fourth-order valence-corrected chi connectivity index (χ4v) is 3.94. The molecule has 0 aliphatic carbocycles. The van der Waals surface area contributed by atoms with E-state index in [1.165, 1.54) is 0 Å². The Labute approximate surface area is 150 Å². The summed E-state index contributed by atoms with van der Waals surface area (Å²) in [5.41, 5.74) is 0.699. The van der Waals surface area contributed by atoms with Gasteiger partial charge in [0.15, 0.2) is 5.92 Å². The van der Waals surface area contributed by atoms with Crippen LogP contribution in [0.5, 0.6) is 5.75 Å². The Morgan fingerprint density at radius 1 is 1.15 bits per heavy atom. The summed E-state index contributed by atoms with van der Waals surface area (Å²) in [7, 11) is 0. The van der Waals surface area contributed by atoms with Crippen LogP contribution in [0.15, 0.2) is 36.4 Å². The lowest BCUT2D eigenvalue weighted by atomic mass is 9.73. The van der Waals surface area contributed by atoms with Crippen molar-refractivity contribution in [3.63, 3.8) is 0 Å². The lowest BCUT2D eigenvalue weighted by Gasteiger charge is -2.33. The van der Waals surface area contributed by atoms with Gasteiger partial charge in [0.1, 0.15) is 5.75 Å². The molecule has 1 saturated heterocycles. The normalized spacial score (nSPS) is 24.7. The third-order valence-corrected chi connectivity index (χ3v) is 5.04. The number of cyclic esters (lactones) is 1. The van der Waals surface area contributed by atoms with Crippen LogP contribution in [0.2, 0.25) is 0 Å². The summed E-state index contributed by atoms with van der Waals surface area (Å²) in [5.74, 6) is -3.77. The van der Waals surface area contributed by atoms with Gasteiger partial charge in [-0.2, -0.15) is 0 Å². The van der Waals surface area contributed by atoms with Crippen LogP contribution in [-0.4, -0.2) is 31.1 Å². The highest BCUT2D eigenvalue weighted by Gasteiger charge is 2.51. The molecule has 6 heteroatoms. The van der Waals surface area contributed by atoms with Crippen molar-refractivity contribution in [1.82, 2.24) is 0 Å². The Kier molecular flexibility index (Phi) is 4.11. The van der Waals surface area contributed by atoms with Crippen molar-refractivity contribution in [1.29, 1.82) is 0 Å². The zero-order chi connectivity index (χ0) is 18.3. The molecule has 1 fully saturated rings. The Balaban J connectivity index is 1.94. The lowest BCUT2D eigenvalue weighted by Crippen LogP contribution is -2.42. The Hall–Kier alpha value is -2.89. The van der Waals surface area contributed by atoms with Crippen molar-refractivity contribution in [3.8, 4) is 5.75 Å². The predicted molar refractivity (Wildman–Crippen MR) is 91.5 cm³/mol. The number of carbonyl (C=O) groups is 3. The van der Waals surface area contributed by atoms with Gasteiger partial charge in [-0.1, -0.05) is 30.3 Å². The number of esters is 3. The molecule has 2 aromatic rings. The van der Waals surface area contributed by atoms with E-state index >= 15 is 0 Å². The molecule has 0 saturated carbocycles. The molecular weight excluding hydrogens is 336 g/mol. The number of fused-ring (bicyclic) bond motifs is 3. The third-order valence-electron chi connectivity index (χ3n) is 5.04. The van der Waals surface area contributed by atoms with E-state index in [9.17, 15) is 14.4 Å². The molecule has 2 aromatic carbocycles. The fraction of sp³-hybridized carbons (Fsp3) is 0.350. The molecule has 0 amide bonds. The predicted octanol–water partition coefficient (Wildman–Crippen LogP) is 2.58. The molecule has 0 aromatic heterocycles. The fourth-order valence-electron chi connectivity index (χ4n) is 3.94. The molecule has 6 nitrogen and oxygen atoms in total. The van der Waals surface area contributed by atoms with Gasteiger partial charge in [-0.05, 0) is 30.2 Å². The van der Waals surface area contributed by atoms with Crippen LogP contribution < -0.4 is 4.74 Å². The van der Waals surface area contributed by atoms with Crippen LogP contribution in [0.3, 0.4) is 0 Å². The molecule has 2 heterocycles. The standard InChI is InChI=1S/C20H18O6/c1-2-24-19(22)17-16(13-9-10-25-18(13)21)15-12-6-4-3-5-11(12)7-8-14(15)26-20(17)23/h3-8,13,16-17H,2,9-10H2,1H3/t13-,16-,17-/m0/s1. The summed E-state index contributed by atoms with van der Waals surface area (Å²) >= 11 is 0. The quantitative estimate of drug-likeness (QED) is 0.479. The van der Waals surface area contributed by atoms with Gasteiger partial charge < -0.3 is 14.2 Å². The zero-order valence-electron chi connectivity index (χ0n) is 14.3. The summed E-state index contributed by atoms with van der Waals surface area (Å²) in [6.07, 6.45) is 0.454. The molecule has 0 spiro atoms. The first kappa shape index (κ1) is 16.6. The van der Waals surface area contributed by atoms with Crippen LogP contribution in [0.4, 0.5) is 0 Å². The smallest absolute Gasteiger partial charge is 0.326 e. The van der Waals surface area contributed by atoms with Crippen molar-refractivity contribution in [2.45, 2.75) is 19.3 Å². The maximum absolute atomic E-state index is 12.6. The molecule has 2 aliphatic rings. The third kappa shape index (κ3) is 2.53. The van der Waals surface area contributed by atoms with Gasteiger partial charge in [0.2, 0.25) is 0 Å². The zero-order valence-corrected chi connectivity index (χ0v) is 14.3. The number of rotatable bonds is 3. The Morgan fingerprint density at radius 3 is 2.69 bits per heavy atom. The first-order chi connectivity index (χ1) is 12.6. The number of ether oxygens (including phenoxy) is 3. The second-order valence-electron chi connectivity index (χ2n) is 6.44. The van der Waals surface area contributed by atoms with E-state index in [1.807, 2.05) is 30.3 Å². The first-order valence-corrected chi connectivity index (χ1v) is 8.68. The number of benzene rings is 2. The average molecular weight is 354 g/mol. The summed E-state index contributed by atoms with van der Waals surface area (Å²) in [6.45, 7) is 2.10. The Morgan fingerprint density at radius 2 is 1.96 bits per heavy atom. The van der Waals surface area contributed by atoms with E-state index in [-0.39, 0.29) is 13.2 Å². The highest BCUT2D eigenvalue weighted by molar-refractivity contribution is 6.02. The SMILES string of the molecule is CCOC(=O)[C@H]1C(=O)Oc2ccc3ccccc3c2[C@@H]1[C@@H]1CCOC1=O. The number of hydrogen-bond donors (Lipinski definition) is 0. The van der Waals surface area contributed by atoms with Crippen molar-refractivity contribution in [2.75, 3.05) is 13.2 Å². The van der Waals surface area contributed by atoms with Crippen LogP contribution in [0.25, 0.3) is 10.8 Å². The van der Waals surface area contributed by atoms with Crippen molar-refractivity contribution in [2.24, 2.45) is 11.8 Å². The molecule has 0 unspecified atom stereocenters. The van der Waals surface area contributed by atoms with Crippen LogP contribution in [-0.2, 0) is 23.9 Å². The van der Waals surface area contributed by atoms with Gasteiger partial charge in [-0.3, -0.25) is 14.4 Å². The largest absolute Gasteiger partial charge is 0.465 e. The average Bonchev–Trinajstić information content (AvgIpc) is 3.06. The summed E-state index contributed by atoms with van der Waals surface area (Å²) in [4.78, 5) is 37.5. The van der Waals surface area contributed by atoms with E-state index in [4.69, 9.17) is 14.2 Å². The van der Waals surface area contributed by atoms with Gasteiger partial charge in [-0.25, -0.2) is 0 Å². The van der Waals surface area contributed by atoms with E-state index in [0.29, 0.717) is 17.7 Å². The van der Waals surface area contributed by atoms with Gasteiger partial charge in [-0.15, -0.1) is 0 Å². The van der Waals surface area contributed by atoms with E-state index in [2.05, 4.69) is 0 Å². The highest BCUT2D eigenvalue weighted by Crippen LogP contribution is 2.48. The maximum atomic E-state index is 12.6. The minimum atomic E-state index is -1.18. The lowest BCUT2D eigenvalue weighted by molar-refractivity contribution is -0.160. The van der Waals surface area contributed by atoms with Gasteiger partial charge in [0.25, 0.3) is 0 Å². The van der Waals surface area contributed by atoms with Crippen molar-refractivity contribution >= 4 is 28.7 Å². The molecule has 4 rings (SSSR count). The molecule has 0 radical (unpaired) electrons. The van der Waals surface area contributed by atoms with Crippen molar-refractivity contribution in [3.05, 3.63) is 42.0 Å². The van der Waals surface area contributed by atoms with Crippen LogP contribution >= 0.6 is 0 Å². The molecular formula is C20H18O6. The molecule has 26 heavy (non-hydrogen) atoms. The van der Waals surface area contributed by atoms with E-state index in [0.717, 1.165) is 10.8 Å². The second-order valence-corrected chi connectivity index (χ2v) is 6.44. The molecule has 0 N–H and O–H groups in total. The van der Waals surface area contributed by atoms with Gasteiger partial charge in [0.05, 0.1) is 19.1 Å². The summed E-state index contributed by atoms with van der Waals surface area (Å²) < 4.78 is 15.7. The maximum Gasteiger partial charge on any atom is 0.326 e. The topological polar surface area (TPSA) is 78.9 Å². The first-order valence-electron chi connectivity index (χ1n) is 8.68. The minimum absolute atomic E-state index is 0.146. The number of hydrogen-bond acceptors (Lipinski definition) is 6. The van der Waals surface area contributed by atoms with Crippen molar-refractivity contribution < 1.29 is 28.6 Å². The minimum Gasteiger partial charge on any atom is -0.465 e. The number of carbonyl (C=O) groups excluding carboxylic acids is 3. The van der Waals surface area contributed by atoms with Gasteiger partial charge >= 0.3 is 17.9 Å². The Bertz CT molecular complexity index is 902. The highest BCUT2D eigenvalue weighted by atomic mass is 16.6. The van der Waals surface area contributed by atoms with E-state index < -0.39 is 35.7 Å². The molecule has 0 bridgehead atoms. The monoisotopic (exact) mass is 354 g/mol. The summed E-state index contributed by atoms with van der Waals surface area (Å²) in [5, 5.41) is 1.81. The van der Waals surface area contributed by atoms with E-state index in [1.54, 1.807) is 13.0 Å². The summed E-state index contributed by atoms with van der Waals surface area (Å²) in [6, 6.07) is 11.2.